The van der Waals surface area contributed by atoms with Crippen LogP contribution in [-0.4, -0.2) is 23.9 Å². The second-order valence-corrected chi connectivity index (χ2v) is 6.16. The molecule has 0 saturated carbocycles. The molecule has 1 atom stereocenters. The highest BCUT2D eigenvalue weighted by Gasteiger charge is 2.28. The number of amides is 1. The molecule has 0 saturated heterocycles. The van der Waals surface area contributed by atoms with Crippen molar-refractivity contribution in [3.63, 3.8) is 0 Å². The van der Waals surface area contributed by atoms with Crippen molar-refractivity contribution in [1.29, 1.82) is 0 Å². The average Bonchev–Trinajstić information content (AvgIpc) is 2.32. The number of benzene rings is 1. The standard InChI is InChI=1S/C12H13BrF3NOS/c1-8(11(18)17-7-12(14,15)16)19-6-9-3-2-4-10(13)5-9/h2-5,8H,6-7H2,1H3,(H,17,18). The summed E-state index contributed by atoms with van der Waals surface area (Å²) < 4.78 is 36.8. The number of carbonyl (C=O) groups excluding carboxylic acids is 1. The van der Waals surface area contributed by atoms with Gasteiger partial charge in [-0.2, -0.15) is 13.2 Å². The van der Waals surface area contributed by atoms with Gasteiger partial charge in [0.25, 0.3) is 0 Å². The summed E-state index contributed by atoms with van der Waals surface area (Å²) in [6.07, 6.45) is -4.37. The molecule has 1 rings (SSSR count). The molecule has 0 fully saturated rings. The molecule has 19 heavy (non-hydrogen) atoms. The molecule has 2 nitrogen and oxygen atoms in total. The Balaban J connectivity index is 2.38. The first-order chi connectivity index (χ1) is 8.78. The Morgan fingerprint density at radius 2 is 2.16 bits per heavy atom. The number of hydrogen-bond donors (Lipinski definition) is 1. The van der Waals surface area contributed by atoms with Gasteiger partial charge in [0.2, 0.25) is 5.91 Å². The third kappa shape index (κ3) is 6.87. The SMILES string of the molecule is CC(SCc1cccc(Br)c1)C(=O)NCC(F)(F)F. The maximum Gasteiger partial charge on any atom is 0.405 e. The molecule has 1 unspecified atom stereocenters. The van der Waals surface area contributed by atoms with Crippen LogP contribution in [0.4, 0.5) is 13.2 Å². The Labute approximate surface area is 122 Å². The predicted molar refractivity (Wildman–Crippen MR) is 74.0 cm³/mol. The van der Waals surface area contributed by atoms with E-state index in [1.54, 1.807) is 6.92 Å². The molecule has 0 bridgehead atoms. The van der Waals surface area contributed by atoms with Crippen LogP contribution in [0, 0.1) is 0 Å². The molecular formula is C12H13BrF3NOS. The molecular weight excluding hydrogens is 343 g/mol. The first-order valence-corrected chi connectivity index (χ1v) is 7.32. The average molecular weight is 356 g/mol. The zero-order valence-corrected chi connectivity index (χ0v) is 12.5. The van der Waals surface area contributed by atoms with Crippen molar-refractivity contribution in [2.24, 2.45) is 0 Å². The second-order valence-electron chi connectivity index (χ2n) is 3.92. The van der Waals surface area contributed by atoms with Crippen molar-refractivity contribution in [2.45, 2.75) is 24.1 Å². The third-order valence-electron chi connectivity index (χ3n) is 2.22. The highest BCUT2D eigenvalue weighted by atomic mass is 79.9. The zero-order chi connectivity index (χ0) is 14.5. The zero-order valence-electron chi connectivity index (χ0n) is 10.1. The third-order valence-corrected chi connectivity index (χ3v) is 3.93. The van der Waals surface area contributed by atoms with Gasteiger partial charge in [-0.1, -0.05) is 28.1 Å². The van der Waals surface area contributed by atoms with Crippen LogP contribution in [0.5, 0.6) is 0 Å². The molecule has 106 valence electrons. The van der Waals surface area contributed by atoms with E-state index in [0.717, 1.165) is 10.0 Å². The smallest absolute Gasteiger partial charge is 0.346 e. The van der Waals surface area contributed by atoms with E-state index in [2.05, 4.69) is 15.9 Å². The number of halogens is 4. The first-order valence-electron chi connectivity index (χ1n) is 5.48. The van der Waals surface area contributed by atoms with Crippen LogP contribution in [0.2, 0.25) is 0 Å². The highest BCUT2D eigenvalue weighted by Crippen LogP contribution is 2.21. The fourth-order valence-electron chi connectivity index (χ4n) is 1.25. The van der Waals surface area contributed by atoms with Crippen molar-refractivity contribution in [1.82, 2.24) is 5.32 Å². The number of rotatable bonds is 5. The molecule has 0 heterocycles. The van der Waals surface area contributed by atoms with E-state index in [4.69, 9.17) is 0 Å². The molecule has 0 spiro atoms. The summed E-state index contributed by atoms with van der Waals surface area (Å²) in [6.45, 7) is 0.308. The Morgan fingerprint density at radius 1 is 1.47 bits per heavy atom. The lowest BCUT2D eigenvalue weighted by Crippen LogP contribution is -2.38. The lowest BCUT2D eigenvalue weighted by Gasteiger charge is -2.13. The van der Waals surface area contributed by atoms with E-state index in [9.17, 15) is 18.0 Å². The first kappa shape index (κ1) is 16.4. The van der Waals surface area contributed by atoms with Crippen molar-refractivity contribution in [2.75, 3.05) is 6.54 Å². The normalized spacial score (nSPS) is 13.1. The molecule has 0 aliphatic carbocycles. The Kier molecular flexibility index (Phi) is 6.19. The lowest BCUT2D eigenvalue weighted by molar-refractivity contribution is -0.137. The Morgan fingerprint density at radius 3 is 2.74 bits per heavy atom. The van der Waals surface area contributed by atoms with Crippen molar-refractivity contribution >= 4 is 33.6 Å². The summed E-state index contributed by atoms with van der Waals surface area (Å²) in [7, 11) is 0. The summed E-state index contributed by atoms with van der Waals surface area (Å²) in [6, 6.07) is 7.56. The van der Waals surface area contributed by atoms with Gasteiger partial charge in [0.1, 0.15) is 6.54 Å². The van der Waals surface area contributed by atoms with E-state index in [1.165, 1.54) is 11.8 Å². The predicted octanol–water partition coefficient (Wildman–Crippen LogP) is 3.75. The summed E-state index contributed by atoms with van der Waals surface area (Å²) in [5.41, 5.74) is 1.01. The van der Waals surface area contributed by atoms with Crippen LogP contribution < -0.4 is 5.32 Å². The van der Waals surface area contributed by atoms with Crippen molar-refractivity contribution in [3.8, 4) is 0 Å². The molecule has 0 aliphatic heterocycles. The van der Waals surface area contributed by atoms with Crippen LogP contribution in [0.3, 0.4) is 0 Å². The summed E-state index contributed by atoms with van der Waals surface area (Å²) in [5, 5.41) is 1.35. The highest BCUT2D eigenvalue weighted by molar-refractivity contribution is 9.10. The van der Waals surface area contributed by atoms with E-state index in [-0.39, 0.29) is 0 Å². The molecule has 1 aromatic carbocycles. The number of carbonyl (C=O) groups is 1. The largest absolute Gasteiger partial charge is 0.405 e. The van der Waals surface area contributed by atoms with Gasteiger partial charge in [-0.25, -0.2) is 0 Å². The maximum absolute atomic E-state index is 11.9. The van der Waals surface area contributed by atoms with Gasteiger partial charge in [0, 0.05) is 10.2 Å². The molecule has 0 aromatic heterocycles. The molecule has 0 radical (unpaired) electrons. The van der Waals surface area contributed by atoms with Gasteiger partial charge in [0.15, 0.2) is 0 Å². The van der Waals surface area contributed by atoms with Gasteiger partial charge in [0.05, 0.1) is 5.25 Å². The summed E-state index contributed by atoms with van der Waals surface area (Å²) in [4.78, 5) is 11.4. The van der Waals surface area contributed by atoms with Crippen LogP contribution in [0.1, 0.15) is 12.5 Å². The molecule has 1 N–H and O–H groups in total. The maximum atomic E-state index is 11.9. The quantitative estimate of drug-likeness (QED) is 0.871. The Hall–Kier alpha value is -0.690. The minimum absolute atomic E-state index is 0.527. The lowest BCUT2D eigenvalue weighted by atomic mass is 10.2. The van der Waals surface area contributed by atoms with Gasteiger partial charge in [-0.05, 0) is 24.6 Å². The van der Waals surface area contributed by atoms with Crippen molar-refractivity contribution < 1.29 is 18.0 Å². The number of thioether (sulfide) groups is 1. The van der Waals surface area contributed by atoms with Crippen LogP contribution in [-0.2, 0) is 10.5 Å². The number of hydrogen-bond acceptors (Lipinski definition) is 2. The van der Waals surface area contributed by atoms with Gasteiger partial charge in [-0.3, -0.25) is 4.79 Å². The van der Waals surface area contributed by atoms with E-state index in [0.29, 0.717) is 5.75 Å². The number of alkyl halides is 3. The van der Waals surface area contributed by atoms with Gasteiger partial charge < -0.3 is 5.32 Å². The second kappa shape index (κ2) is 7.19. The fourth-order valence-corrected chi connectivity index (χ4v) is 2.56. The van der Waals surface area contributed by atoms with Crippen LogP contribution in [0.25, 0.3) is 0 Å². The fraction of sp³-hybridized carbons (Fsp3) is 0.417. The summed E-state index contributed by atoms with van der Waals surface area (Å²) in [5.74, 6) is -0.0302. The Bertz CT molecular complexity index is 439. The topological polar surface area (TPSA) is 29.1 Å². The van der Waals surface area contributed by atoms with Crippen molar-refractivity contribution in [3.05, 3.63) is 34.3 Å². The monoisotopic (exact) mass is 355 g/mol. The molecule has 0 aliphatic rings. The van der Waals surface area contributed by atoms with Crippen LogP contribution in [0.15, 0.2) is 28.7 Å². The minimum Gasteiger partial charge on any atom is -0.346 e. The molecule has 7 heteroatoms. The minimum atomic E-state index is -4.37. The summed E-state index contributed by atoms with van der Waals surface area (Å²) >= 11 is 4.63. The van der Waals surface area contributed by atoms with Crippen LogP contribution >= 0.6 is 27.7 Å². The van der Waals surface area contributed by atoms with E-state index >= 15 is 0 Å². The van der Waals surface area contributed by atoms with E-state index < -0.39 is 23.9 Å². The molecule has 1 amide bonds. The van der Waals surface area contributed by atoms with Gasteiger partial charge >= 0.3 is 6.18 Å². The van der Waals surface area contributed by atoms with Gasteiger partial charge in [-0.15, -0.1) is 11.8 Å². The molecule has 1 aromatic rings. The number of nitrogens with one attached hydrogen (secondary N) is 1. The van der Waals surface area contributed by atoms with E-state index in [1.807, 2.05) is 29.6 Å².